The number of nitrogens with one attached hydrogen (secondary N) is 2. The molecule has 2 aromatic rings. The third kappa shape index (κ3) is 4.33. The van der Waals surface area contributed by atoms with Gasteiger partial charge in [-0.15, -0.1) is 11.3 Å². The molecule has 0 unspecified atom stereocenters. The molecule has 25 heavy (non-hydrogen) atoms. The Bertz CT molecular complexity index is 837. The summed E-state index contributed by atoms with van der Waals surface area (Å²) in [5, 5.41) is 5.49. The van der Waals surface area contributed by atoms with Gasteiger partial charge in [0.2, 0.25) is 0 Å². The summed E-state index contributed by atoms with van der Waals surface area (Å²) >= 11 is 13.5. The van der Waals surface area contributed by atoms with Gasteiger partial charge < -0.3 is 14.8 Å². The minimum absolute atomic E-state index is 0.109. The molecule has 1 aromatic heterocycles. The lowest BCUT2D eigenvalue weighted by Gasteiger charge is -2.05. The molecule has 0 aliphatic carbocycles. The van der Waals surface area contributed by atoms with E-state index in [1.54, 1.807) is 19.1 Å². The molecule has 0 saturated heterocycles. The molecule has 134 valence electrons. The third-order valence-corrected chi connectivity index (χ3v) is 5.23. The lowest BCUT2D eigenvalue weighted by atomic mass is 10.2. The second-order valence-electron chi connectivity index (χ2n) is 4.69. The minimum Gasteiger partial charge on any atom is -0.495 e. The van der Waals surface area contributed by atoms with Crippen molar-refractivity contribution in [1.29, 1.82) is 0 Å². The van der Waals surface area contributed by atoms with E-state index in [1.165, 1.54) is 7.11 Å². The molecular formula is C15H14Cl2N2O5S. The summed E-state index contributed by atoms with van der Waals surface area (Å²) < 4.78 is 10.6. The Morgan fingerprint density at radius 3 is 2.56 bits per heavy atom. The quantitative estimate of drug-likeness (QED) is 0.746. The van der Waals surface area contributed by atoms with Crippen molar-refractivity contribution in [1.82, 2.24) is 10.6 Å². The number of fused-ring (bicyclic) bond motifs is 1. The fraction of sp³-hybridized carbons (Fsp3) is 0.267. The van der Waals surface area contributed by atoms with Crippen molar-refractivity contribution in [2.24, 2.45) is 0 Å². The van der Waals surface area contributed by atoms with E-state index in [4.69, 9.17) is 32.7 Å². The molecule has 0 atom stereocenters. The van der Waals surface area contributed by atoms with Crippen LogP contribution in [0.2, 0.25) is 10.0 Å². The standard InChI is InChI=1S/C15H14Cl2N2O5S/c1-3-18-15(22)19-9(20)6-24-14(21)13-10(16)7-4-5-8(23-2)11(17)12(7)25-13/h4-5H,3,6H2,1-2H3,(H2,18,19,20,22). The van der Waals surface area contributed by atoms with Crippen molar-refractivity contribution >= 4 is 62.5 Å². The molecule has 0 fully saturated rings. The number of carbonyl (C=O) groups is 3. The summed E-state index contributed by atoms with van der Waals surface area (Å²) in [7, 11) is 1.48. The first-order valence-corrected chi connectivity index (χ1v) is 8.65. The van der Waals surface area contributed by atoms with E-state index in [1.807, 2.05) is 5.32 Å². The van der Waals surface area contributed by atoms with Crippen LogP contribution in [0.3, 0.4) is 0 Å². The van der Waals surface area contributed by atoms with Gasteiger partial charge in [0, 0.05) is 11.9 Å². The molecule has 2 rings (SSSR count). The first kappa shape index (κ1) is 19.3. The number of hydrogen-bond acceptors (Lipinski definition) is 6. The number of rotatable bonds is 5. The van der Waals surface area contributed by atoms with E-state index in [9.17, 15) is 14.4 Å². The number of hydrogen-bond donors (Lipinski definition) is 2. The number of amides is 3. The zero-order chi connectivity index (χ0) is 18.6. The maximum absolute atomic E-state index is 12.2. The number of thiophene rings is 1. The van der Waals surface area contributed by atoms with Crippen molar-refractivity contribution in [3.8, 4) is 5.75 Å². The Kier molecular flexibility index (Phi) is 6.46. The van der Waals surface area contributed by atoms with Crippen molar-refractivity contribution < 1.29 is 23.9 Å². The smallest absolute Gasteiger partial charge is 0.350 e. The lowest BCUT2D eigenvalue weighted by Crippen LogP contribution is -2.41. The lowest BCUT2D eigenvalue weighted by molar-refractivity contribution is -0.123. The molecule has 2 N–H and O–H groups in total. The summed E-state index contributed by atoms with van der Waals surface area (Å²) in [6.45, 7) is 1.45. The third-order valence-electron chi connectivity index (χ3n) is 3.03. The van der Waals surface area contributed by atoms with Gasteiger partial charge in [0.1, 0.15) is 15.6 Å². The van der Waals surface area contributed by atoms with Crippen molar-refractivity contribution in [2.75, 3.05) is 20.3 Å². The van der Waals surface area contributed by atoms with Crippen LogP contribution >= 0.6 is 34.5 Å². The van der Waals surface area contributed by atoms with Gasteiger partial charge in [0.15, 0.2) is 6.61 Å². The Hall–Kier alpha value is -2.03. The number of urea groups is 1. The molecule has 0 spiro atoms. The van der Waals surface area contributed by atoms with Crippen molar-refractivity contribution in [3.63, 3.8) is 0 Å². The molecule has 0 aliphatic heterocycles. The highest BCUT2D eigenvalue weighted by Gasteiger charge is 2.22. The monoisotopic (exact) mass is 404 g/mol. The normalized spacial score (nSPS) is 10.4. The number of halogens is 2. The number of esters is 1. The molecule has 0 radical (unpaired) electrons. The maximum atomic E-state index is 12.2. The van der Waals surface area contributed by atoms with E-state index in [2.05, 4.69) is 5.32 Å². The number of methoxy groups -OCH3 is 1. The molecule has 0 bridgehead atoms. The first-order chi connectivity index (χ1) is 11.9. The predicted octanol–water partition coefficient (Wildman–Crippen LogP) is 3.22. The maximum Gasteiger partial charge on any atom is 0.350 e. The highest BCUT2D eigenvalue weighted by molar-refractivity contribution is 7.22. The SMILES string of the molecule is CCNC(=O)NC(=O)COC(=O)c1sc2c(Cl)c(OC)ccc2c1Cl. The zero-order valence-corrected chi connectivity index (χ0v) is 15.6. The largest absolute Gasteiger partial charge is 0.495 e. The van der Waals surface area contributed by atoms with Crippen LogP contribution in [0.25, 0.3) is 10.1 Å². The van der Waals surface area contributed by atoms with E-state index >= 15 is 0 Å². The summed E-state index contributed by atoms with van der Waals surface area (Å²) in [4.78, 5) is 35.0. The average molecular weight is 405 g/mol. The number of imide groups is 1. The summed E-state index contributed by atoms with van der Waals surface area (Å²) in [5.41, 5.74) is 0. The molecule has 1 aromatic carbocycles. The Morgan fingerprint density at radius 1 is 1.20 bits per heavy atom. The Balaban J connectivity index is 2.12. The van der Waals surface area contributed by atoms with Crippen LogP contribution in [0.4, 0.5) is 4.79 Å². The van der Waals surface area contributed by atoms with Crippen LogP contribution in [-0.4, -0.2) is 38.2 Å². The molecule has 3 amide bonds. The van der Waals surface area contributed by atoms with Crippen molar-refractivity contribution in [3.05, 3.63) is 27.1 Å². The van der Waals surface area contributed by atoms with Gasteiger partial charge in [-0.25, -0.2) is 9.59 Å². The molecule has 1 heterocycles. The average Bonchev–Trinajstić information content (AvgIpc) is 2.91. The van der Waals surface area contributed by atoms with Crippen LogP contribution in [0, 0.1) is 0 Å². The molecule has 10 heteroatoms. The predicted molar refractivity (Wildman–Crippen MR) is 95.9 cm³/mol. The van der Waals surface area contributed by atoms with Gasteiger partial charge in [-0.3, -0.25) is 10.1 Å². The van der Waals surface area contributed by atoms with Crippen LogP contribution in [-0.2, 0) is 9.53 Å². The second kappa shape index (κ2) is 8.37. The van der Waals surface area contributed by atoms with Gasteiger partial charge in [-0.05, 0) is 19.1 Å². The van der Waals surface area contributed by atoms with E-state index in [0.29, 0.717) is 27.4 Å². The topological polar surface area (TPSA) is 93.7 Å². The second-order valence-corrected chi connectivity index (χ2v) is 6.46. The zero-order valence-electron chi connectivity index (χ0n) is 13.3. The van der Waals surface area contributed by atoms with Gasteiger partial charge in [0.25, 0.3) is 5.91 Å². The van der Waals surface area contributed by atoms with Crippen LogP contribution in [0.5, 0.6) is 5.75 Å². The minimum atomic E-state index is -0.785. The summed E-state index contributed by atoms with van der Waals surface area (Å²) in [6.07, 6.45) is 0. The van der Waals surface area contributed by atoms with Gasteiger partial charge in [-0.1, -0.05) is 23.2 Å². The fourth-order valence-electron chi connectivity index (χ4n) is 1.93. The van der Waals surface area contributed by atoms with Crippen molar-refractivity contribution in [2.45, 2.75) is 6.92 Å². The number of benzene rings is 1. The first-order valence-electron chi connectivity index (χ1n) is 7.08. The summed E-state index contributed by atoms with van der Waals surface area (Å²) in [6, 6.07) is 2.65. The van der Waals surface area contributed by atoms with E-state index < -0.39 is 24.5 Å². The Labute approximate surface area is 157 Å². The number of carbonyl (C=O) groups excluding carboxylic acids is 3. The molecule has 0 saturated carbocycles. The van der Waals surface area contributed by atoms with Gasteiger partial charge in [0.05, 0.1) is 16.8 Å². The highest BCUT2D eigenvalue weighted by Crippen LogP contribution is 2.43. The molecule has 0 aliphatic rings. The molecular weight excluding hydrogens is 391 g/mol. The molecule has 7 nitrogen and oxygen atoms in total. The van der Waals surface area contributed by atoms with Gasteiger partial charge >= 0.3 is 12.0 Å². The highest BCUT2D eigenvalue weighted by atomic mass is 35.5. The van der Waals surface area contributed by atoms with Gasteiger partial charge in [-0.2, -0.15) is 0 Å². The van der Waals surface area contributed by atoms with Crippen LogP contribution in [0.15, 0.2) is 12.1 Å². The van der Waals surface area contributed by atoms with E-state index in [-0.39, 0.29) is 9.90 Å². The van der Waals surface area contributed by atoms with Crippen LogP contribution < -0.4 is 15.4 Å². The summed E-state index contributed by atoms with van der Waals surface area (Å²) in [5.74, 6) is -1.09. The fourth-order valence-corrected chi connectivity index (χ4v) is 3.71. The Morgan fingerprint density at radius 2 is 1.92 bits per heavy atom. The van der Waals surface area contributed by atoms with E-state index in [0.717, 1.165) is 11.3 Å². The number of ether oxygens (including phenoxy) is 2. The van der Waals surface area contributed by atoms with Crippen LogP contribution in [0.1, 0.15) is 16.6 Å².